The average Bonchev–Trinajstić information content (AvgIpc) is 3.17. The van der Waals surface area contributed by atoms with E-state index in [9.17, 15) is 71.1 Å². The van der Waals surface area contributed by atoms with Crippen LogP contribution in [0.5, 0.6) is 0 Å². The molecular weight excluding hydrogens is 890 g/mol. The maximum atomic E-state index is 13.1. The van der Waals surface area contributed by atoms with Crippen molar-refractivity contribution < 1.29 is 133 Å². The fourth-order valence-electron chi connectivity index (χ4n) is 3.48. The Balaban J connectivity index is 3.37. The van der Waals surface area contributed by atoms with Gasteiger partial charge >= 0.3 is 48.0 Å². The van der Waals surface area contributed by atoms with Gasteiger partial charge < -0.3 is 61.6 Å². The van der Waals surface area contributed by atoms with Gasteiger partial charge in [-0.2, -0.15) is 61.5 Å². The zero-order valence-corrected chi connectivity index (χ0v) is 32.4. The highest BCUT2D eigenvalue weighted by atomic mass is 19.4. The van der Waals surface area contributed by atoms with Crippen molar-refractivity contribution in [1.29, 1.82) is 0 Å². The van der Waals surface area contributed by atoms with Crippen molar-refractivity contribution in [2.45, 2.75) is 36.0 Å². The van der Waals surface area contributed by atoms with Crippen LogP contribution in [-0.2, 0) is 71.2 Å². The maximum Gasteiger partial charge on any atom is 0.460 e. The minimum atomic E-state index is -6.65. The molecule has 0 aromatic rings. The number of carbonyl (C=O) groups excluding carboxylic acids is 2. The second-order valence-electron chi connectivity index (χ2n) is 11.3. The van der Waals surface area contributed by atoms with Gasteiger partial charge in [-0.05, 0) is 0 Å². The summed E-state index contributed by atoms with van der Waals surface area (Å²) < 4.78 is 240. The Morgan fingerprint density at radius 1 is 0.246 bits per heavy atom. The third-order valence-electron chi connectivity index (χ3n) is 6.66. The van der Waals surface area contributed by atoms with Crippen LogP contribution in [0.4, 0.5) is 61.5 Å². The molecule has 0 radical (unpaired) electrons. The Hall–Kier alpha value is -2.48. The quantitative estimate of drug-likeness (QED) is 0.0495. The molecule has 0 atom stereocenters. The highest BCUT2D eigenvalue weighted by Crippen LogP contribution is 2.48. The normalized spacial score (nSPS) is 13.2. The molecule has 0 aliphatic carbocycles. The summed E-state index contributed by atoms with van der Waals surface area (Å²) in [6.07, 6.45) is -13.3. The summed E-state index contributed by atoms with van der Waals surface area (Å²) in [5.41, 5.74) is 0. The summed E-state index contributed by atoms with van der Waals surface area (Å²) in [4.78, 5) is 21.9. The van der Waals surface area contributed by atoms with E-state index in [0.717, 1.165) is 0 Å². The summed E-state index contributed by atoms with van der Waals surface area (Å²) in [6.45, 7) is 0.814. The van der Waals surface area contributed by atoms with E-state index in [0.29, 0.717) is 52.9 Å². The number of carbonyl (C=O) groups is 2. The van der Waals surface area contributed by atoms with Crippen LogP contribution >= 0.6 is 0 Å². The van der Waals surface area contributed by atoms with E-state index in [1.54, 1.807) is 0 Å². The van der Waals surface area contributed by atoms with E-state index in [1.807, 2.05) is 0 Å². The zero-order valence-electron chi connectivity index (χ0n) is 32.4. The van der Waals surface area contributed by atoms with Crippen molar-refractivity contribution in [3.63, 3.8) is 0 Å². The van der Waals surface area contributed by atoms with Crippen LogP contribution in [0.3, 0.4) is 0 Å². The number of alkyl halides is 14. The molecule has 0 saturated carbocycles. The van der Waals surface area contributed by atoms with Crippen LogP contribution < -0.4 is 0 Å². The minimum absolute atomic E-state index is 0.00943. The average molecular weight is 939 g/mol. The molecule has 0 aromatic heterocycles. The first kappa shape index (κ1) is 58.5. The first-order valence-electron chi connectivity index (χ1n) is 17.9. The molecule has 0 spiro atoms. The van der Waals surface area contributed by atoms with Crippen molar-refractivity contribution in [2.24, 2.45) is 0 Å². The number of esters is 2. The molecule has 0 unspecified atom stereocenters. The maximum absolute atomic E-state index is 13.1. The van der Waals surface area contributed by atoms with Crippen LogP contribution in [0.2, 0.25) is 0 Å². The molecule has 29 heteroatoms. The number of hydrogen-bond donors (Lipinski definition) is 0. The first-order chi connectivity index (χ1) is 28.5. The molecule has 0 bridgehead atoms. The molecule has 61 heavy (non-hydrogen) atoms. The van der Waals surface area contributed by atoms with E-state index in [4.69, 9.17) is 52.1 Å². The Bertz CT molecular complexity index is 1050. The van der Waals surface area contributed by atoms with Gasteiger partial charge in [0.1, 0.15) is 13.2 Å². The van der Waals surface area contributed by atoms with Crippen LogP contribution in [0, 0.1) is 0 Å². The summed E-state index contributed by atoms with van der Waals surface area (Å²) in [5.74, 6) is -31.5. The number of ether oxygens (including phenoxy) is 13. The lowest BCUT2D eigenvalue weighted by Gasteiger charge is -2.26. The Morgan fingerprint density at radius 3 is 0.508 bits per heavy atom. The predicted molar refractivity (Wildman–Crippen MR) is 173 cm³/mol. The van der Waals surface area contributed by atoms with Crippen LogP contribution in [0.15, 0.2) is 0 Å². The van der Waals surface area contributed by atoms with Crippen molar-refractivity contribution >= 4 is 11.9 Å². The van der Waals surface area contributed by atoms with Crippen molar-refractivity contribution in [3.05, 3.63) is 0 Å². The standard InChI is InChI=1S/C32H48F14O15/c33-27(34,29(37,38)31(41,42)43)25(47)60-23-21-58-19-17-56-15-13-54-11-9-52-7-5-50-3-1-49-2-4-51-6-8-53-10-12-55-14-16-57-18-20-59-22-24-61-26(48)28(35,36)30(39,40)32(44,45)46/h1-24H2. The number of hydrogen-bond acceptors (Lipinski definition) is 15. The molecule has 0 N–H and O–H groups in total. The third-order valence-corrected chi connectivity index (χ3v) is 6.66. The molecule has 0 saturated heterocycles. The van der Waals surface area contributed by atoms with Gasteiger partial charge in [0.25, 0.3) is 0 Å². The Morgan fingerprint density at radius 2 is 0.377 bits per heavy atom. The lowest BCUT2D eigenvalue weighted by atomic mass is 10.1. The molecule has 0 heterocycles. The van der Waals surface area contributed by atoms with Gasteiger partial charge in [-0.25, -0.2) is 9.59 Å². The SMILES string of the molecule is O=C(OCCOCCOCCOCCOCCOCCOCCOCCOCCOCCOCCOCCOC(=O)C(F)(F)C(F)(F)C(F)(F)F)C(F)(F)C(F)(F)C(F)(F)F. The van der Waals surface area contributed by atoms with Gasteiger partial charge in [0.2, 0.25) is 0 Å². The third kappa shape index (κ3) is 24.2. The second kappa shape index (κ2) is 31.4. The van der Waals surface area contributed by atoms with Crippen LogP contribution in [0.1, 0.15) is 0 Å². The van der Waals surface area contributed by atoms with Gasteiger partial charge in [0.05, 0.1) is 145 Å². The molecule has 0 rings (SSSR count). The van der Waals surface area contributed by atoms with E-state index < -0.39 is 74.4 Å². The molecule has 0 fully saturated rings. The molecule has 0 aromatic carbocycles. The smallest absolute Gasteiger partial charge is 0.459 e. The monoisotopic (exact) mass is 938 g/mol. The largest absolute Gasteiger partial charge is 0.460 e. The molecular formula is C32H48F14O15. The van der Waals surface area contributed by atoms with Crippen LogP contribution in [0.25, 0.3) is 0 Å². The fourth-order valence-corrected chi connectivity index (χ4v) is 3.48. The predicted octanol–water partition coefficient (Wildman–Crippen LogP) is 3.92. The lowest BCUT2D eigenvalue weighted by molar-refractivity contribution is -0.348. The van der Waals surface area contributed by atoms with Gasteiger partial charge in [-0.1, -0.05) is 0 Å². The summed E-state index contributed by atoms with van der Waals surface area (Å²) >= 11 is 0. The van der Waals surface area contributed by atoms with Crippen LogP contribution in [-0.4, -0.2) is 207 Å². The Labute approximate surface area is 339 Å². The minimum Gasteiger partial charge on any atom is -0.459 e. The molecule has 0 amide bonds. The van der Waals surface area contributed by atoms with E-state index in [-0.39, 0.29) is 79.3 Å². The summed E-state index contributed by atoms with van der Waals surface area (Å²) in [5, 5.41) is 0. The summed E-state index contributed by atoms with van der Waals surface area (Å²) in [7, 11) is 0. The van der Waals surface area contributed by atoms with Crippen molar-refractivity contribution in [1.82, 2.24) is 0 Å². The Kier molecular flexibility index (Phi) is 30.1. The highest BCUT2D eigenvalue weighted by molar-refractivity contribution is 5.79. The zero-order chi connectivity index (χ0) is 46.3. The van der Waals surface area contributed by atoms with E-state index in [1.165, 1.54) is 0 Å². The summed E-state index contributed by atoms with van der Waals surface area (Å²) in [6, 6.07) is 0. The highest BCUT2D eigenvalue weighted by Gasteiger charge is 2.78. The number of halogens is 14. The van der Waals surface area contributed by atoms with Crippen molar-refractivity contribution in [2.75, 3.05) is 159 Å². The van der Waals surface area contributed by atoms with E-state index in [2.05, 4.69) is 9.47 Å². The molecule has 15 nitrogen and oxygen atoms in total. The number of rotatable bonds is 40. The second-order valence-corrected chi connectivity index (χ2v) is 11.3. The fraction of sp³-hybridized carbons (Fsp3) is 0.938. The lowest BCUT2D eigenvalue weighted by Crippen LogP contribution is -2.56. The molecule has 364 valence electrons. The topological polar surface area (TPSA) is 154 Å². The van der Waals surface area contributed by atoms with Gasteiger partial charge in [0, 0.05) is 0 Å². The van der Waals surface area contributed by atoms with Gasteiger partial charge in [0.15, 0.2) is 0 Å². The van der Waals surface area contributed by atoms with Crippen molar-refractivity contribution in [3.8, 4) is 0 Å². The molecule has 0 aliphatic rings. The van der Waals surface area contributed by atoms with Gasteiger partial charge in [-0.3, -0.25) is 0 Å². The van der Waals surface area contributed by atoms with E-state index >= 15 is 0 Å². The first-order valence-corrected chi connectivity index (χ1v) is 17.9. The molecule has 0 aliphatic heterocycles. The van der Waals surface area contributed by atoms with Gasteiger partial charge in [-0.15, -0.1) is 0 Å².